The number of nitrogens with zero attached hydrogens (tertiary/aromatic N) is 2. The zero-order valence-electron chi connectivity index (χ0n) is 20.4. The van der Waals surface area contributed by atoms with Crippen molar-refractivity contribution < 1.29 is 9.53 Å². The summed E-state index contributed by atoms with van der Waals surface area (Å²) < 4.78 is 10.2. The number of benzene rings is 3. The van der Waals surface area contributed by atoms with Crippen LogP contribution < -0.4 is 10.1 Å². The first-order valence-electron chi connectivity index (χ1n) is 12.7. The molecule has 1 N–H and O–H groups in total. The number of ether oxygens (including phenoxy) is 1. The summed E-state index contributed by atoms with van der Waals surface area (Å²) in [6.45, 7) is 3.54. The topological polar surface area (TPSA) is 47.7 Å². The molecular weight excluding hydrogens is 446 g/mol. The van der Waals surface area contributed by atoms with Crippen LogP contribution in [-0.4, -0.2) is 21.5 Å². The van der Waals surface area contributed by atoms with E-state index in [9.17, 15) is 4.79 Å². The van der Waals surface area contributed by atoms with E-state index < -0.39 is 0 Å². The molecule has 0 saturated carbocycles. The van der Waals surface area contributed by atoms with Gasteiger partial charge in [0.25, 0.3) is 5.91 Å². The molecule has 6 rings (SSSR count). The molecule has 5 aromatic rings. The second kappa shape index (κ2) is 9.42. The molecular formula is C31H29N3O2. The fraction of sp³-hybridized carbons (Fsp3) is 0.194. The van der Waals surface area contributed by atoms with Crippen LogP contribution in [0.1, 0.15) is 35.8 Å². The first-order valence-corrected chi connectivity index (χ1v) is 12.7. The van der Waals surface area contributed by atoms with Crippen LogP contribution in [-0.2, 0) is 13.0 Å². The fourth-order valence-corrected chi connectivity index (χ4v) is 5.36. The van der Waals surface area contributed by atoms with E-state index in [0.717, 1.165) is 65.3 Å². The molecule has 1 aliphatic heterocycles. The van der Waals surface area contributed by atoms with Crippen LogP contribution in [0.3, 0.4) is 0 Å². The van der Waals surface area contributed by atoms with Crippen molar-refractivity contribution in [1.82, 2.24) is 8.97 Å². The summed E-state index contributed by atoms with van der Waals surface area (Å²) in [6.07, 6.45) is 5.26. The lowest BCUT2D eigenvalue weighted by molar-refractivity contribution is 0.102. The van der Waals surface area contributed by atoms with Gasteiger partial charge in [0.05, 0.1) is 12.3 Å². The summed E-state index contributed by atoms with van der Waals surface area (Å²) in [6, 6.07) is 28.2. The number of amides is 1. The van der Waals surface area contributed by atoms with Gasteiger partial charge in [0.2, 0.25) is 0 Å². The van der Waals surface area contributed by atoms with E-state index in [4.69, 9.17) is 4.74 Å². The molecule has 2 aromatic heterocycles. The molecule has 180 valence electrons. The zero-order valence-corrected chi connectivity index (χ0v) is 20.4. The highest BCUT2D eigenvalue weighted by molar-refractivity contribution is 6.10. The molecule has 0 fully saturated rings. The number of aromatic nitrogens is 2. The van der Waals surface area contributed by atoms with Gasteiger partial charge >= 0.3 is 0 Å². The van der Waals surface area contributed by atoms with Gasteiger partial charge in [0.15, 0.2) is 0 Å². The summed E-state index contributed by atoms with van der Waals surface area (Å²) in [5, 5.41) is 3.14. The normalized spacial score (nSPS) is 12.9. The molecule has 1 aliphatic rings. The molecule has 3 aromatic carbocycles. The molecule has 0 spiro atoms. The summed E-state index contributed by atoms with van der Waals surface area (Å²) in [5.41, 5.74) is 8.15. The van der Waals surface area contributed by atoms with E-state index in [1.165, 1.54) is 5.56 Å². The van der Waals surface area contributed by atoms with Crippen molar-refractivity contribution in [2.75, 3.05) is 11.9 Å². The summed E-state index contributed by atoms with van der Waals surface area (Å²) in [4.78, 5) is 13.9. The van der Waals surface area contributed by atoms with Crippen molar-refractivity contribution >= 4 is 17.2 Å². The minimum Gasteiger partial charge on any atom is -0.494 e. The van der Waals surface area contributed by atoms with E-state index in [2.05, 4.69) is 56.9 Å². The van der Waals surface area contributed by atoms with Crippen LogP contribution in [0, 0.1) is 0 Å². The lowest BCUT2D eigenvalue weighted by Crippen LogP contribution is -2.15. The SMILES string of the molecule is CCOc1ccc(-c2c3c4n(c(-c5ccccc5)cn4c2C(=O)Nc2ccccc2)CCCC3)cc1. The van der Waals surface area contributed by atoms with Gasteiger partial charge in [-0.25, -0.2) is 0 Å². The number of nitrogens with one attached hydrogen (secondary N) is 1. The number of aryl methyl sites for hydroxylation is 2. The number of hydrogen-bond donors (Lipinski definition) is 1. The Morgan fingerprint density at radius 1 is 0.889 bits per heavy atom. The number of para-hydroxylation sites is 1. The van der Waals surface area contributed by atoms with Gasteiger partial charge < -0.3 is 14.6 Å². The van der Waals surface area contributed by atoms with Crippen LogP contribution in [0.4, 0.5) is 5.69 Å². The van der Waals surface area contributed by atoms with E-state index in [-0.39, 0.29) is 5.91 Å². The summed E-state index contributed by atoms with van der Waals surface area (Å²) >= 11 is 0. The summed E-state index contributed by atoms with van der Waals surface area (Å²) in [5.74, 6) is 0.728. The lowest BCUT2D eigenvalue weighted by Gasteiger charge is -2.11. The third-order valence-electron chi connectivity index (χ3n) is 6.90. The van der Waals surface area contributed by atoms with Crippen LogP contribution in [0.5, 0.6) is 5.75 Å². The van der Waals surface area contributed by atoms with Gasteiger partial charge in [0.1, 0.15) is 17.1 Å². The molecule has 0 unspecified atom stereocenters. The van der Waals surface area contributed by atoms with Crippen molar-refractivity contribution in [3.05, 3.63) is 102 Å². The minimum absolute atomic E-state index is 0.108. The number of carbonyl (C=O) groups is 1. The second-order valence-corrected chi connectivity index (χ2v) is 9.16. The Morgan fingerprint density at radius 3 is 2.33 bits per heavy atom. The largest absolute Gasteiger partial charge is 0.494 e. The van der Waals surface area contributed by atoms with Gasteiger partial charge in [0, 0.05) is 29.6 Å². The molecule has 0 radical (unpaired) electrons. The summed E-state index contributed by atoms with van der Waals surface area (Å²) in [7, 11) is 0. The maximum absolute atomic E-state index is 13.9. The number of rotatable bonds is 6. The highest BCUT2D eigenvalue weighted by atomic mass is 16.5. The molecule has 36 heavy (non-hydrogen) atoms. The highest BCUT2D eigenvalue weighted by Crippen LogP contribution is 2.40. The van der Waals surface area contributed by atoms with Gasteiger partial charge in [-0.2, -0.15) is 0 Å². The number of hydrogen-bond acceptors (Lipinski definition) is 2. The van der Waals surface area contributed by atoms with E-state index >= 15 is 0 Å². The Balaban J connectivity index is 1.59. The molecule has 0 aliphatic carbocycles. The smallest absolute Gasteiger partial charge is 0.273 e. The molecule has 3 heterocycles. The number of carbonyl (C=O) groups excluding carboxylic acids is 1. The highest BCUT2D eigenvalue weighted by Gasteiger charge is 2.29. The maximum Gasteiger partial charge on any atom is 0.273 e. The monoisotopic (exact) mass is 475 g/mol. The van der Waals surface area contributed by atoms with Gasteiger partial charge in [-0.15, -0.1) is 0 Å². The molecule has 1 amide bonds. The van der Waals surface area contributed by atoms with Crippen LogP contribution in [0.15, 0.2) is 91.1 Å². The lowest BCUT2D eigenvalue weighted by atomic mass is 9.97. The number of anilines is 1. The average molecular weight is 476 g/mol. The quantitative estimate of drug-likeness (QED) is 0.286. The van der Waals surface area contributed by atoms with Crippen molar-refractivity contribution in [3.8, 4) is 28.1 Å². The average Bonchev–Trinajstić information content (AvgIpc) is 3.33. The van der Waals surface area contributed by atoms with Crippen LogP contribution in [0.2, 0.25) is 0 Å². The predicted molar refractivity (Wildman–Crippen MR) is 145 cm³/mol. The van der Waals surface area contributed by atoms with Gasteiger partial charge in [-0.1, -0.05) is 60.7 Å². The van der Waals surface area contributed by atoms with Crippen LogP contribution >= 0.6 is 0 Å². The standard InChI is InChI=1S/C31H29N3O2/c1-2-36-25-18-16-23(17-19-25)28-26-15-9-10-20-33-27(22-11-5-3-6-12-22)21-34(31(26)33)29(28)30(35)32-24-13-7-4-8-14-24/h3-8,11-14,16-19,21H,2,9-10,15,20H2,1H3,(H,32,35). The van der Waals surface area contributed by atoms with Gasteiger partial charge in [-0.05, 0) is 61.6 Å². The third-order valence-corrected chi connectivity index (χ3v) is 6.90. The Labute approximate surface area is 211 Å². The minimum atomic E-state index is -0.108. The molecule has 0 saturated heterocycles. The molecule has 0 bridgehead atoms. The molecule has 0 atom stereocenters. The van der Waals surface area contributed by atoms with E-state index in [1.54, 1.807) is 0 Å². The van der Waals surface area contributed by atoms with Crippen molar-refractivity contribution in [1.29, 1.82) is 0 Å². The third kappa shape index (κ3) is 3.87. The molecule has 5 nitrogen and oxygen atoms in total. The Morgan fingerprint density at radius 2 is 1.61 bits per heavy atom. The van der Waals surface area contributed by atoms with Crippen LogP contribution in [0.25, 0.3) is 28.0 Å². The first kappa shape index (κ1) is 22.2. The Bertz CT molecular complexity index is 1510. The maximum atomic E-state index is 13.9. The Kier molecular flexibility index (Phi) is 5.82. The van der Waals surface area contributed by atoms with Crippen molar-refractivity contribution in [2.45, 2.75) is 32.7 Å². The number of imidazole rings is 1. The predicted octanol–water partition coefficient (Wildman–Crippen LogP) is 7.06. The first-order chi connectivity index (χ1) is 17.7. The van der Waals surface area contributed by atoms with E-state index in [1.807, 2.05) is 55.5 Å². The zero-order chi connectivity index (χ0) is 24.5. The van der Waals surface area contributed by atoms with E-state index in [0.29, 0.717) is 12.3 Å². The van der Waals surface area contributed by atoms with Crippen molar-refractivity contribution in [3.63, 3.8) is 0 Å². The van der Waals surface area contributed by atoms with Gasteiger partial charge in [-0.3, -0.25) is 9.20 Å². The fourth-order valence-electron chi connectivity index (χ4n) is 5.36. The molecule has 5 heteroatoms. The van der Waals surface area contributed by atoms with Crippen molar-refractivity contribution in [2.24, 2.45) is 0 Å². The second-order valence-electron chi connectivity index (χ2n) is 9.16. The Hall–Kier alpha value is -4.25.